The first-order valence-electron chi connectivity index (χ1n) is 11.3. The first-order valence-corrected chi connectivity index (χ1v) is 12.1. The minimum atomic E-state index is -0.884. The predicted octanol–water partition coefficient (Wildman–Crippen LogP) is 6.63. The Morgan fingerprint density at radius 3 is 2.21 bits per heavy atom. The van der Waals surface area contributed by atoms with Crippen LogP contribution >= 0.6 is 11.8 Å². The maximum Gasteiger partial charge on any atom is 0.303 e. The lowest BCUT2D eigenvalue weighted by atomic mass is 9.77. The molecule has 1 unspecified atom stereocenters. The van der Waals surface area contributed by atoms with E-state index in [2.05, 4.69) is 0 Å². The number of carbonyl (C=O) groups is 2. The second-order valence-corrected chi connectivity index (χ2v) is 10.2. The van der Waals surface area contributed by atoms with E-state index in [0.29, 0.717) is 24.8 Å². The summed E-state index contributed by atoms with van der Waals surface area (Å²) in [4.78, 5) is 24.4. The van der Waals surface area contributed by atoms with Crippen LogP contribution < -0.4 is 5.73 Å². The molecule has 4 nitrogen and oxygen atoms in total. The van der Waals surface area contributed by atoms with E-state index in [4.69, 9.17) is 10.8 Å². The molecule has 0 heterocycles. The van der Waals surface area contributed by atoms with Crippen LogP contribution in [0.15, 0.2) is 76.5 Å². The summed E-state index contributed by atoms with van der Waals surface area (Å²) >= 11 is 1.53. The summed E-state index contributed by atoms with van der Waals surface area (Å²) in [5.74, 6) is -1.58. The van der Waals surface area contributed by atoms with E-state index in [1.165, 1.54) is 17.3 Å². The average molecular weight is 480 g/mol. The van der Waals surface area contributed by atoms with Crippen molar-refractivity contribution in [3.8, 4) is 11.1 Å². The number of hydrogen-bond acceptors (Lipinski definition) is 3. The van der Waals surface area contributed by atoms with Crippen LogP contribution in [0.25, 0.3) is 11.1 Å². The average Bonchev–Trinajstić information content (AvgIpc) is 2.78. The van der Waals surface area contributed by atoms with Crippen LogP contribution in [0, 0.1) is 18.2 Å². The zero-order valence-electron chi connectivity index (χ0n) is 19.5. The van der Waals surface area contributed by atoms with Gasteiger partial charge in [-0.2, -0.15) is 0 Å². The zero-order chi connectivity index (χ0) is 24.7. The largest absolute Gasteiger partial charge is 0.481 e. The van der Waals surface area contributed by atoms with Gasteiger partial charge < -0.3 is 10.8 Å². The van der Waals surface area contributed by atoms with Crippen molar-refractivity contribution in [1.82, 2.24) is 0 Å². The Hall–Kier alpha value is -3.12. The maximum atomic E-state index is 14.9. The number of primary amides is 1. The van der Waals surface area contributed by atoms with Gasteiger partial charge in [-0.15, -0.1) is 0 Å². The van der Waals surface area contributed by atoms with Crippen molar-refractivity contribution in [3.05, 3.63) is 83.7 Å². The van der Waals surface area contributed by atoms with Gasteiger partial charge in [-0.25, -0.2) is 4.39 Å². The van der Waals surface area contributed by atoms with Gasteiger partial charge in [0.2, 0.25) is 5.91 Å². The Labute approximate surface area is 204 Å². The SMILES string of the molecule is Cc1ccc(Sc2ccc(-c3ccc(CCC(C)(CCC(=O)O)CC(N)=O)cc3)c(F)c2)cc1. The number of amides is 1. The number of aliphatic carboxylic acids is 1. The number of hydrogen-bond donors (Lipinski definition) is 2. The van der Waals surface area contributed by atoms with E-state index in [1.807, 2.05) is 68.4 Å². The number of nitrogens with two attached hydrogens (primary N) is 1. The van der Waals surface area contributed by atoms with Gasteiger partial charge in [-0.05, 0) is 67.0 Å². The van der Waals surface area contributed by atoms with Crippen LogP contribution in [0.2, 0.25) is 0 Å². The van der Waals surface area contributed by atoms with E-state index in [0.717, 1.165) is 20.9 Å². The van der Waals surface area contributed by atoms with Crippen LogP contribution in [-0.4, -0.2) is 17.0 Å². The zero-order valence-corrected chi connectivity index (χ0v) is 20.3. The molecule has 0 fully saturated rings. The molecule has 0 spiro atoms. The van der Waals surface area contributed by atoms with E-state index in [1.54, 1.807) is 12.1 Å². The molecule has 0 radical (unpaired) electrons. The van der Waals surface area contributed by atoms with Gasteiger partial charge in [0, 0.05) is 28.2 Å². The molecular weight excluding hydrogens is 449 g/mol. The van der Waals surface area contributed by atoms with Gasteiger partial charge in [0.15, 0.2) is 0 Å². The summed E-state index contributed by atoms with van der Waals surface area (Å²) < 4.78 is 14.9. The monoisotopic (exact) mass is 479 g/mol. The molecule has 0 saturated heterocycles. The van der Waals surface area contributed by atoms with Crippen LogP contribution in [0.1, 0.15) is 43.7 Å². The Morgan fingerprint density at radius 2 is 1.62 bits per heavy atom. The molecular formula is C28H30FNO3S. The van der Waals surface area contributed by atoms with Crippen molar-refractivity contribution in [2.45, 2.75) is 55.7 Å². The molecule has 6 heteroatoms. The molecule has 1 amide bonds. The highest BCUT2D eigenvalue weighted by Gasteiger charge is 2.27. The summed E-state index contributed by atoms with van der Waals surface area (Å²) in [6, 6.07) is 21.1. The van der Waals surface area contributed by atoms with Crippen LogP contribution in [0.4, 0.5) is 4.39 Å². The van der Waals surface area contributed by atoms with Crippen molar-refractivity contribution in [3.63, 3.8) is 0 Å². The summed E-state index contributed by atoms with van der Waals surface area (Å²) in [5.41, 5.74) is 8.48. The van der Waals surface area contributed by atoms with Crippen LogP contribution in [0.3, 0.4) is 0 Å². The molecule has 3 N–H and O–H groups in total. The summed E-state index contributed by atoms with van der Waals surface area (Å²) in [7, 11) is 0. The Balaban J connectivity index is 1.66. The van der Waals surface area contributed by atoms with Crippen LogP contribution in [0.5, 0.6) is 0 Å². The number of carboxylic acids is 1. The summed E-state index contributed by atoms with van der Waals surface area (Å²) in [6.45, 7) is 3.94. The van der Waals surface area contributed by atoms with Gasteiger partial charge in [0.1, 0.15) is 5.82 Å². The molecule has 3 aromatic carbocycles. The Kier molecular flexibility index (Phi) is 8.51. The van der Waals surface area contributed by atoms with Crippen molar-refractivity contribution >= 4 is 23.6 Å². The lowest BCUT2D eigenvalue weighted by Crippen LogP contribution is -2.26. The number of carbonyl (C=O) groups excluding carboxylic acids is 1. The van der Waals surface area contributed by atoms with E-state index >= 15 is 0 Å². The molecule has 0 bridgehead atoms. The maximum absolute atomic E-state index is 14.9. The number of benzene rings is 3. The highest BCUT2D eigenvalue weighted by Crippen LogP contribution is 2.34. The molecule has 178 valence electrons. The molecule has 0 aromatic heterocycles. The quantitative estimate of drug-likeness (QED) is 0.323. The van der Waals surface area contributed by atoms with Gasteiger partial charge in [-0.1, -0.05) is 66.7 Å². The first-order chi connectivity index (χ1) is 16.1. The van der Waals surface area contributed by atoms with Crippen molar-refractivity contribution in [2.24, 2.45) is 11.1 Å². The lowest BCUT2D eigenvalue weighted by Gasteiger charge is -2.28. The minimum Gasteiger partial charge on any atom is -0.481 e. The van der Waals surface area contributed by atoms with E-state index in [-0.39, 0.29) is 18.7 Å². The third-order valence-corrected chi connectivity index (χ3v) is 7.02. The Bertz CT molecular complexity index is 1150. The number of halogens is 1. The third kappa shape index (κ3) is 7.45. The standard InChI is InChI=1S/C28H30FNO3S/c1-19-3-9-22(10-4-19)34-23-11-12-24(25(29)17-23)21-7-5-20(6-8-21)13-15-28(2,18-26(30)31)16-14-27(32)33/h3-12,17H,13-16,18H2,1-2H3,(H2,30,31)(H,32,33). The van der Waals surface area contributed by atoms with Crippen molar-refractivity contribution in [2.75, 3.05) is 0 Å². The van der Waals surface area contributed by atoms with Crippen LogP contribution in [-0.2, 0) is 16.0 Å². The fourth-order valence-corrected chi connectivity index (χ4v) is 4.81. The number of aryl methyl sites for hydroxylation is 2. The van der Waals surface area contributed by atoms with Gasteiger partial charge in [0.25, 0.3) is 0 Å². The minimum absolute atomic E-state index is 0.000188. The smallest absolute Gasteiger partial charge is 0.303 e. The predicted molar refractivity (Wildman–Crippen MR) is 134 cm³/mol. The molecule has 3 aromatic rings. The van der Waals surface area contributed by atoms with Crippen molar-refractivity contribution < 1.29 is 19.1 Å². The van der Waals surface area contributed by atoms with E-state index < -0.39 is 17.3 Å². The molecule has 1 atom stereocenters. The highest BCUT2D eigenvalue weighted by atomic mass is 32.2. The first kappa shape index (κ1) is 25.5. The summed E-state index contributed by atoms with van der Waals surface area (Å²) in [5, 5.41) is 9.01. The third-order valence-electron chi connectivity index (χ3n) is 6.02. The van der Waals surface area contributed by atoms with Crippen molar-refractivity contribution in [1.29, 1.82) is 0 Å². The molecule has 34 heavy (non-hydrogen) atoms. The lowest BCUT2D eigenvalue weighted by molar-refractivity contribution is -0.138. The highest BCUT2D eigenvalue weighted by molar-refractivity contribution is 7.99. The molecule has 0 aliphatic heterocycles. The number of carboxylic acid groups (broad SMARTS) is 1. The molecule has 0 aliphatic rings. The molecule has 0 aliphatic carbocycles. The fraction of sp³-hybridized carbons (Fsp3) is 0.286. The normalized spacial score (nSPS) is 12.8. The summed E-state index contributed by atoms with van der Waals surface area (Å²) in [6.07, 6.45) is 1.86. The number of rotatable bonds is 11. The second kappa shape index (κ2) is 11.3. The van der Waals surface area contributed by atoms with Gasteiger partial charge in [0.05, 0.1) is 0 Å². The van der Waals surface area contributed by atoms with Gasteiger partial charge >= 0.3 is 5.97 Å². The Morgan fingerprint density at radius 1 is 0.971 bits per heavy atom. The topological polar surface area (TPSA) is 80.4 Å². The van der Waals surface area contributed by atoms with E-state index in [9.17, 15) is 14.0 Å². The second-order valence-electron chi connectivity index (χ2n) is 9.10. The molecule has 0 saturated carbocycles. The molecule has 3 rings (SSSR count). The van der Waals surface area contributed by atoms with Gasteiger partial charge in [-0.3, -0.25) is 9.59 Å². The fourth-order valence-electron chi connectivity index (χ4n) is 3.96.